The van der Waals surface area contributed by atoms with Crippen LogP contribution in [0.2, 0.25) is 0 Å². The molecule has 128 valence electrons. The number of ether oxygens (including phenoxy) is 1. The molecule has 25 heavy (non-hydrogen) atoms. The van der Waals surface area contributed by atoms with Gasteiger partial charge < -0.3 is 4.74 Å². The van der Waals surface area contributed by atoms with Crippen LogP contribution in [0, 0.1) is 11.6 Å². The van der Waals surface area contributed by atoms with E-state index in [1.807, 2.05) is 12.1 Å². The molecule has 5 nitrogen and oxygen atoms in total. The Balaban J connectivity index is 1.64. The van der Waals surface area contributed by atoms with Crippen molar-refractivity contribution in [1.82, 2.24) is 15.2 Å². The highest BCUT2D eigenvalue weighted by Crippen LogP contribution is 2.22. The SMILES string of the molecule is COc1ccc(-c2nc(SCC(=O)c3ccc(F)c(F)c3)n[nH]2)cc1. The van der Waals surface area contributed by atoms with Gasteiger partial charge >= 0.3 is 0 Å². The van der Waals surface area contributed by atoms with Crippen LogP contribution in [-0.4, -0.2) is 33.8 Å². The fraction of sp³-hybridized carbons (Fsp3) is 0.118. The van der Waals surface area contributed by atoms with Gasteiger partial charge in [-0.3, -0.25) is 9.89 Å². The fourth-order valence-corrected chi connectivity index (χ4v) is 2.76. The predicted octanol–water partition coefficient (Wildman–Crippen LogP) is 3.73. The standard InChI is InChI=1S/C17H13F2N3O2S/c1-24-12-5-2-10(3-6-12)16-20-17(22-21-16)25-9-15(23)11-4-7-13(18)14(19)8-11/h2-8H,9H2,1H3,(H,20,21,22). The summed E-state index contributed by atoms with van der Waals surface area (Å²) in [7, 11) is 1.59. The van der Waals surface area contributed by atoms with Crippen molar-refractivity contribution in [3.05, 3.63) is 59.7 Å². The molecular formula is C17H13F2N3O2S. The number of aromatic nitrogens is 3. The molecule has 0 unspecified atom stereocenters. The largest absolute Gasteiger partial charge is 0.497 e. The van der Waals surface area contributed by atoms with Crippen LogP contribution < -0.4 is 4.74 Å². The molecule has 0 aliphatic rings. The van der Waals surface area contributed by atoms with Gasteiger partial charge in [-0.2, -0.15) is 0 Å². The van der Waals surface area contributed by atoms with E-state index in [9.17, 15) is 13.6 Å². The third-order valence-corrected chi connectivity index (χ3v) is 4.25. The minimum Gasteiger partial charge on any atom is -0.497 e. The van der Waals surface area contributed by atoms with Gasteiger partial charge in [0.1, 0.15) is 5.75 Å². The minimum atomic E-state index is -1.05. The first-order valence-corrected chi connectivity index (χ1v) is 8.23. The first-order chi connectivity index (χ1) is 12.1. The third-order valence-electron chi connectivity index (χ3n) is 3.40. The van der Waals surface area contributed by atoms with Crippen molar-refractivity contribution in [2.75, 3.05) is 12.9 Å². The molecule has 1 aromatic heterocycles. The number of nitrogens with one attached hydrogen (secondary N) is 1. The lowest BCUT2D eigenvalue weighted by atomic mass is 10.1. The highest BCUT2D eigenvalue weighted by molar-refractivity contribution is 7.99. The van der Waals surface area contributed by atoms with Crippen LogP contribution in [0.25, 0.3) is 11.4 Å². The number of halogens is 2. The van der Waals surface area contributed by atoms with E-state index in [1.54, 1.807) is 19.2 Å². The molecule has 8 heteroatoms. The number of carbonyl (C=O) groups is 1. The van der Waals surface area contributed by atoms with E-state index in [-0.39, 0.29) is 17.1 Å². The van der Waals surface area contributed by atoms with Gasteiger partial charge in [0.15, 0.2) is 23.2 Å². The maximum atomic E-state index is 13.2. The summed E-state index contributed by atoms with van der Waals surface area (Å²) in [5, 5.41) is 7.23. The Kier molecular flexibility index (Phi) is 5.08. The Morgan fingerprint density at radius 3 is 2.60 bits per heavy atom. The molecule has 0 fully saturated rings. The maximum Gasteiger partial charge on any atom is 0.209 e. The van der Waals surface area contributed by atoms with Gasteiger partial charge in [-0.25, -0.2) is 13.8 Å². The molecule has 0 amide bonds. The van der Waals surface area contributed by atoms with Crippen molar-refractivity contribution in [1.29, 1.82) is 0 Å². The van der Waals surface area contributed by atoms with E-state index in [0.29, 0.717) is 11.0 Å². The molecule has 3 rings (SSSR count). The summed E-state index contributed by atoms with van der Waals surface area (Å²) < 4.78 is 31.2. The highest BCUT2D eigenvalue weighted by atomic mass is 32.2. The molecule has 2 aromatic carbocycles. The molecule has 0 saturated heterocycles. The fourth-order valence-electron chi connectivity index (χ4n) is 2.07. The summed E-state index contributed by atoms with van der Waals surface area (Å²) in [5.41, 5.74) is 0.935. The number of thioether (sulfide) groups is 1. The van der Waals surface area contributed by atoms with E-state index in [4.69, 9.17) is 4.74 Å². The van der Waals surface area contributed by atoms with E-state index < -0.39 is 11.6 Å². The molecule has 1 N–H and O–H groups in total. The van der Waals surface area contributed by atoms with Crippen LogP contribution in [0.5, 0.6) is 5.75 Å². The quantitative estimate of drug-likeness (QED) is 0.535. The van der Waals surface area contributed by atoms with Crippen LogP contribution in [0.4, 0.5) is 8.78 Å². The van der Waals surface area contributed by atoms with E-state index in [0.717, 1.165) is 35.2 Å². The average Bonchev–Trinajstić information content (AvgIpc) is 3.11. The molecule has 0 aliphatic heterocycles. The lowest BCUT2D eigenvalue weighted by molar-refractivity contribution is 0.102. The summed E-state index contributed by atoms with van der Waals surface area (Å²) >= 11 is 1.11. The smallest absolute Gasteiger partial charge is 0.209 e. The summed E-state index contributed by atoms with van der Waals surface area (Å²) in [6.07, 6.45) is 0. The second kappa shape index (κ2) is 7.43. The lowest BCUT2D eigenvalue weighted by Crippen LogP contribution is -2.03. The number of hydrogen-bond donors (Lipinski definition) is 1. The first kappa shape index (κ1) is 17.1. The van der Waals surface area contributed by atoms with Crippen molar-refractivity contribution in [2.45, 2.75) is 5.16 Å². The number of hydrogen-bond acceptors (Lipinski definition) is 5. The average molecular weight is 361 g/mol. The number of H-pyrrole nitrogens is 1. The minimum absolute atomic E-state index is 0.0188. The van der Waals surface area contributed by atoms with Gasteiger partial charge in [-0.05, 0) is 42.5 Å². The van der Waals surface area contributed by atoms with E-state index in [2.05, 4.69) is 15.2 Å². The number of Topliss-reactive ketones (excluding diaryl/α,β-unsaturated/α-hetero) is 1. The van der Waals surface area contributed by atoms with Crippen molar-refractivity contribution >= 4 is 17.5 Å². The van der Waals surface area contributed by atoms with Crippen molar-refractivity contribution in [2.24, 2.45) is 0 Å². The van der Waals surface area contributed by atoms with Gasteiger partial charge in [0, 0.05) is 11.1 Å². The molecule has 0 spiro atoms. The summed E-state index contributed by atoms with van der Waals surface area (Å²) in [4.78, 5) is 16.3. The molecule has 1 heterocycles. The molecular weight excluding hydrogens is 348 g/mol. The van der Waals surface area contributed by atoms with Gasteiger partial charge in [-0.15, -0.1) is 5.10 Å². The second-order valence-corrected chi connectivity index (χ2v) is 5.98. The Bertz CT molecular complexity index is 897. The summed E-state index contributed by atoms with van der Waals surface area (Å²) in [5.74, 6) is -1.05. The maximum absolute atomic E-state index is 13.2. The topological polar surface area (TPSA) is 67.9 Å². The van der Waals surface area contributed by atoms with Gasteiger partial charge in [0.05, 0.1) is 12.9 Å². The van der Waals surface area contributed by atoms with Crippen LogP contribution in [0.1, 0.15) is 10.4 Å². The zero-order valence-electron chi connectivity index (χ0n) is 13.1. The van der Waals surface area contributed by atoms with Gasteiger partial charge in [-0.1, -0.05) is 11.8 Å². The van der Waals surface area contributed by atoms with Crippen molar-refractivity contribution in [3.63, 3.8) is 0 Å². The molecule has 0 aliphatic carbocycles. The second-order valence-electron chi connectivity index (χ2n) is 5.04. The number of aromatic amines is 1. The van der Waals surface area contributed by atoms with Crippen molar-refractivity contribution in [3.8, 4) is 17.1 Å². The van der Waals surface area contributed by atoms with Crippen LogP contribution in [0.3, 0.4) is 0 Å². The van der Waals surface area contributed by atoms with Gasteiger partial charge in [0.25, 0.3) is 0 Å². The zero-order chi connectivity index (χ0) is 17.8. The summed E-state index contributed by atoms with van der Waals surface area (Å²) in [6.45, 7) is 0. The monoisotopic (exact) mass is 361 g/mol. The molecule has 0 saturated carbocycles. The molecule has 0 atom stereocenters. The number of rotatable bonds is 6. The lowest BCUT2D eigenvalue weighted by Gasteiger charge is -2.00. The number of ketones is 1. The van der Waals surface area contributed by atoms with Crippen LogP contribution in [-0.2, 0) is 0 Å². The predicted molar refractivity (Wildman–Crippen MR) is 89.8 cm³/mol. The molecule has 0 bridgehead atoms. The number of methoxy groups -OCH3 is 1. The number of benzene rings is 2. The van der Waals surface area contributed by atoms with E-state index in [1.165, 1.54) is 6.07 Å². The Labute approximate surface area is 146 Å². The molecule has 0 radical (unpaired) electrons. The Morgan fingerprint density at radius 1 is 1.16 bits per heavy atom. The van der Waals surface area contributed by atoms with Crippen molar-refractivity contribution < 1.29 is 18.3 Å². The number of carbonyl (C=O) groups excluding carboxylic acids is 1. The first-order valence-electron chi connectivity index (χ1n) is 7.24. The highest BCUT2D eigenvalue weighted by Gasteiger charge is 2.13. The Hall–Kier alpha value is -2.74. The van der Waals surface area contributed by atoms with Gasteiger partial charge in [0.2, 0.25) is 5.16 Å². The normalized spacial score (nSPS) is 10.7. The molecule has 3 aromatic rings. The zero-order valence-corrected chi connectivity index (χ0v) is 13.9. The Morgan fingerprint density at radius 2 is 1.92 bits per heavy atom. The number of nitrogens with zero attached hydrogens (tertiary/aromatic N) is 2. The summed E-state index contributed by atoms with van der Waals surface area (Å²) in [6, 6.07) is 10.3. The van der Waals surface area contributed by atoms with Crippen LogP contribution >= 0.6 is 11.8 Å². The van der Waals surface area contributed by atoms with Crippen LogP contribution in [0.15, 0.2) is 47.6 Å². The van der Waals surface area contributed by atoms with E-state index >= 15 is 0 Å². The third kappa shape index (κ3) is 4.03.